The zero-order chi connectivity index (χ0) is 17.6. The van der Waals surface area contributed by atoms with Crippen LogP contribution in [0, 0.1) is 5.82 Å². The predicted molar refractivity (Wildman–Crippen MR) is 100 cm³/mol. The Labute approximate surface area is 156 Å². The molecule has 2 N–H and O–H groups in total. The lowest BCUT2D eigenvalue weighted by Crippen LogP contribution is -2.45. The average molecular weight is 383 g/mol. The number of pyridine rings is 1. The highest BCUT2D eigenvalue weighted by Crippen LogP contribution is 2.31. The van der Waals surface area contributed by atoms with Gasteiger partial charge in [-0.1, -0.05) is 12.8 Å². The Hall–Kier alpha value is -1.73. The first-order valence-electron chi connectivity index (χ1n) is 9.14. The standard InChI is InChI=1S/C18H23FN4O2.ClH/c19-11-9-15-16(21-10-11)22(13-3-1-2-4-13)18(25)23(17(15)24)14-7-5-12(20)6-8-14;/h9-10,12-14H,1-8,20H2;1H. The van der Waals surface area contributed by atoms with Crippen LogP contribution in [0.1, 0.15) is 63.5 Å². The van der Waals surface area contributed by atoms with Crippen LogP contribution in [0.2, 0.25) is 0 Å². The van der Waals surface area contributed by atoms with Crippen LogP contribution in [-0.4, -0.2) is 20.2 Å². The van der Waals surface area contributed by atoms with E-state index in [0.29, 0.717) is 18.5 Å². The van der Waals surface area contributed by atoms with Crippen LogP contribution in [0.5, 0.6) is 0 Å². The number of aromatic nitrogens is 3. The lowest BCUT2D eigenvalue weighted by atomic mass is 9.91. The van der Waals surface area contributed by atoms with E-state index in [0.717, 1.165) is 44.7 Å². The van der Waals surface area contributed by atoms with E-state index in [2.05, 4.69) is 4.98 Å². The van der Waals surface area contributed by atoms with E-state index < -0.39 is 11.4 Å². The van der Waals surface area contributed by atoms with Gasteiger partial charge in [0.25, 0.3) is 5.56 Å². The third-order valence-corrected chi connectivity index (χ3v) is 5.72. The van der Waals surface area contributed by atoms with Crippen molar-refractivity contribution >= 4 is 23.4 Å². The first-order chi connectivity index (χ1) is 12.1. The quantitative estimate of drug-likeness (QED) is 0.865. The lowest BCUT2D eigenvalue weighted by molar-refractivity contribution is 0.303. The summed E-state index contributed by atoms with van der Waals surface area (Å²) in [6.07, 6.45) is 7.96. The molecule has 0 saturated heterocycles. The summed E-state index contributed by atoms with van der Waals surface area (Å²) in [6.45, 7) is 0. The molecule has 2 heterocycles. The Balaban J connectivity index is 0.00000196. The molecule has 2 fully saturated rings. The summed E-state index contributed by atoms with van der Waals surface area (Å²) in [7, 11) is 0. The Morgan fingerprint density at radius 1 is 1.00 bits per heavy atom. The van der Waals surface area contributed by atoms with Crippen LogP contribution >= 0.6 is 12.4 Å². The van der Waals surface area contributed by atoms with Crippen molar-refractivity contribution in [3.8, 4) is 0 Å². The molecule has 2 aromatic rings. The minimum absolute atomic E-state index is 0. The molecular weight excluding hydrogens is 359 g/mol. The molecule has 0 radical (unpaired) electrons. The number of nitrogens with two attached hydrogens (primary N) is 1. The van der Waals surface area contributed by atoms with Crippen molar-refractivity contribution in [1.29, 1.82) is 0 Å². The molecule has 2 aromatic heterocycles. The monoisotopic (exact) mass is 382 g/mol. The molecule has 0 aliphatic heterocycles. The maximum Gasteiger partial charge on any atom is 0.333 e. The molecule has 8 heteroatoms. The van der Waals surface area contributed by atoms with Gasteiger partial charge < -0.3 is 5.73 Å². The zero-order valence-electron chi connectivity index (χ0n) is 14.6. The van der Waals surface area contributed by atoms with Gasteiger partial charge in [0.15, 0.2) is 0 Å². The number of rotatable bonds is 2. The maximum absolute atomic E-state index is 13.7. The van der Waals surface area contributed by atoms with Crippen molar-refractivity contribution < 1.29 is 4.39 Å². The van der Waals surface area contributed by atoms with Gasteiger partial charge in [-0.15, -0.1) is 12.4 Å². The number of hydrogen-bond donors (Lipinski definition) is 1. The Morgan fingerprint density at radius 2 is 1.62 bits per heavy atom. The summed E-state index contributed by atoms with van der Waals surface area (Å²) in [5, 5.41) is 0.196. The summed E-state index contributed by atoms with van der Waals surface area (Å²) in [6, 6.07) is 1.20. The third-order valence-electron chi connectivity index (χ3n) is 5.72. The van der Waals surface area contributed by atoms with Gasteiger partial charge in [-0.2, -0.15) is 0 Å². The SMILES string of the molecule is Cl.NC1CCC(n2c(=O)c3cc(F)cnc3n(C3CCCC3)c2=O)CC1. The van der Waals surface area contributed by atoms with Crippen molar-refractivity contribution in [2.75, 3.05) is 0 Å². The minimum Gasteiger partial charge on any atom is -0.328 e. The highest BCUT2D eigenvalue weighted by atomic mass is 35.5. The van der Waals surface area contributed by atoms with E-state index >= 15 is 0 Å². The molecule has 0 aromatic carbocycles. The molecular formula is C18H24ClFN4O2. The van der Waals surface area contributed by atoms with Crippen LogP contribution in [-0.2, 0) is 0 Å². The normalized spacial score (nSPS) is 23.9. The summed E-state index contributed by atoms with van der Waals surface area (Å²) in [5.74, 6) is -0.557. The molecule has 0 amide bonds. The second kappa shape index (κ2) is 7.48. The largest absolute Gasteiger partial charge is 0.333 e. The van der Waals surface area contributed by atoms with Crippen molar-refractivity contribution in [2.45, 2.75) is 69.5 Å². The van der Waals surface area contributed by atoms with E-state index in [9.17, 15) is 14.0 Å². The first-order valence-corrected chi connectivity index (χ1v) is 9.14. The number of hydrogen-bond acceptors (Lipinski definition) is 4. The zero-order valence-corrected chi connectivity index (χ0v) is 15.4. The van der Waals surface area contributed by atoms with E-state index in [1.807, 2.05) is 0 Å². The van der Waals surface area contributed by atoms with Gasteiger partial charge in [0.1, 0.15) is 11.5 Å². The second-order valence-corrected chi connectivity index (χ2v) is 7.36. The van der Waals surface area contributed by atoms with Crippen LogP contribution in [0.4, 0.5) is 4.39 Å². The minimum atomic E-state index is -0.557. The Kier molecular flexibility index (Phi) is 5.48. The molecule has 0 bridgehead atoms. The number of halogens is 2. The number of fused-ring (bicyclic) bond motifs is 1. The molecule has 0 unspecified atom stereocenters. The van der Waals surface area contributed by atoms with Crippen molar-refractivity contribution in [2.24, 2.45) is 5.73 Å². The lowest BCUT2D eigenvalue weighted by Gasteiger charge is -2.28. The van der Waals surface area contributed by atoms with Crippen LogP contribution in [0.15, 0.2) is 21.9 Å². The fourth-order valence-electron chi connectivity index (χ4n) is 4.38. The summed E-state index contributed by atoms with van der Waals surface area (Å²) in [4.78, 5) is 30.3. The fourth-order valence-corrected chi connectivity index (χ4v) is 4.38. The van der Waals surface area contributed by atoms with Gasteiger partial charge in [0, 0.05) is 18.1 Å². The smallest absolute Gasteiger partial charge is 0.328 e. The van der Waals surface area contributed by atoms with E-state index in [-0.39, 0.29) is 41.6 Å². The summed E-state index contributed by atoms with van der Waals surface area (Å²) in [5.41, 5.74) is 5.54. The highest BCUT2D eigenvalue weighted by Gasteiger charge is 2.28. The average Bonchev–Trinajstić information content (AvgIpc) is 3.11. The Bertz CT molecular complexity index is 912. The molecule has 0 atom stereocenters. The van der Waals surface area contributed by atoms with Gasteiger partial charge in [-0.05, 0) is 44.6 Å². The Morgan fingerprint density at radius 3 is 2.27 bits per heavy atom. The summed E-state index contributed by atoms with van der Waals surface area (Å²) < 4.78 is 16.7. The molecule has 2 aliphatic carbocycles. The van der Waals surface area contributed by atoms with E-state index in [1.165, 1.54) is 10.6 Å². The third kappa shape index (κ3) is 3.18. The van der Waals surface area contributed by atoms with Crippen molar-refractivity contribution in [3.63, 3.8) is 0 Å². The van der Waals surface area contributed by atoms with Crippen LogP contribution in [0.3, 0.4) is 0 Å². The summed E-state index contributed by atoms with van der Waals surface area (Å²) >= 11 is 0. The first kappa shape index (κ1) is 19.0. The fraction of sp³-hybridized carbons (Fsp3) is 0.611. The van der Waals surface area contributed by atoms with Gasteiger partial charge in [-0.25, -0.2) is 14.2 Å². The topological polar surface area (TPSA) is 82.9 Å². The van der Waals surface area contributed by atoms with Crippen LogP contribution < -0.4 is 17.0 Å². The molecule has 4 rings (SSSR count). The molecule has 0 spiro atoms. The van der Waals surface area contributed by atoms with E-state index in [4.69, 9.17) is 5.73 Å². The molecule has 2 saturated carbocycles. The van der Waals surface area contributed by atoms with Crippen molar-refractivity contribution in [1.82, 2.24) is 14.1 Å². The predicted octanol–water partition coefficient (Wildman–Crippen LogP) is 2.68. The molecule has 142 valence electrons. The molecule has 26 heavy (non-hydrogen) atoms. The van der Waals surface area contributed by atoms with Gasteiger partial charge >= 0.3 is 5.69 Å². The van der Waals surface area contributed by atoms with Crippen molar-refractivity contribution in [3.05, 3.63) is 38.9 Å². The number of nitrogens with zero attached hydrogens (tertiary/aromatic N) is 3. The maximum atomic E-state index is 13.7. The van der Waals surface area contributed by atoms with Gasteiger partial charge in [-0.3, -0.25) is 13.9 Å². The molecule has 6 nitrogen and oxygen atoms in total. The van der Waals surface area contributed by atoms with Gasteiger partial charge in [0.05, 0.1) is 11.6 Å². The van der Waals surface area contributed by atoms with Gasteiger partial charge in [0.2, 0.25) is 0 Å². The van der Waals surface area contributed by atoms with E-state index in [1.54, 1.807) is 4.57 Å². The molecule has 2 aliphatic rings. The second-order valence-electron chi connectivity index (χ2n) is 7.36. The highest BCUT2D eigenvalue weighted by molar-refractivity contribution is 5.85. The van der Waals surface area contributed by atoms with Crippen LogP contribution in [0.25, 0.3) is 11.0 Å².